The molecular weight excluding hydrogens is 276 g/mol. The monoisotopic (exact) mass is 298 g/mol. The summed E-state index contributed by atoms with van der Waals surface area (Å²) in [6.45, 7) is 0.366. The van der Waals surface area contributed by atoms with Crippen LogP contribution >= 0.6 is 0 Å². The zero-order chi connectivity index (χ0) is 15.5. The largest absolute Gasteiger partial charge is 0.468 e. The number of carbonyl (C=O) groups excluding carboxylic acids is 1. The first-order chi connectivity index (χ1) is 10.2. The fourth-order valence-corrected chi connectivity index (χ4v) is 1.76. The van der Waals surface area contributed by atoms with Gasteiger partial charge in [0, 0.05) is 6.04 Å². The third kappa shape index (κ3) is 7.16. The molecule has 21 heavy (non-hydrogen) atoms. The molecule has 2 atom stereocenters. The fourth-order valence-electron chi connectivity index (χ4n) is 1.76. The third-order valence-electron chi connectivity index (χ3n) is 2.88. The summed E-state index contributed by atoms with van der Waals surface area (Å²) in [5.41, 5.74) is 6.64. The van der Waals surface area contributed by atoms with E-state index in [-0.39, 0.29) is 26.0 Å². The van der Waals surface area contributed by atoms with E-state index in [1.54, 1.807) is 0 Å². The summed E-state index contributed by atoms with van der Waals surface area (Å²) < 4.78 is 9.75. The maximum Gasteiger partial charge on any atom is 0.325 e. The molecule has 0 aromatic heterocycles. The van der Waals surface area contributed by atoms with Crippen LogP contribution in [0.5, 0.6) is 0 Å². The molecule has 2 unspecified atom stereocenters. The van der Waals surface area contributed by atoms with Gasteiger partial charge in [0.2, 0.25) is 0 Å². The van der Waals surface area contributed by atoms with Gasteiger partial charge in [0.15, 0.2) is 0 Å². The number of hydrogen-bond acceptors (Lipinski definition) is 7. The molecule has 1 aromatic carbocycles. The number of esters is 1. The second-order valence-electron chi connectivity index (χ2n) is 4.53. The van der Waals surface area contributed by atoms with Crippen LogP contribution in [-0.2, 0) is 25.6 Å². The second-order valence-corrected chi connectivity index (χ2v) is 4.53. The maximum atomic E-state index is 11.1. The van der Waals surface area contributed by atoms with Crippen LogP contribution < -0.4 is 11.1 Å². The van der Waals surface area contributed by atoms with Crippen molar-refractivity contribution in [2.24, 2.45) is 5.73 Å². The van der Waals surface area contributed by atoms with Crippen LogP contribution in [-0.4, -0.2) is 50.4 Å². The summed E-state index contributed by atoms with van der Waals surface area (Å²) in [5.74, 6) is -0.519. The van der Waals surface area contributed by atoms with Crippen molar-refractivity contribution in [3.8, 4) is 0 Å². The van der Waals surface area contributed by atoms with E-state index < -0.39 is 12.0 Å². The van der Waals surface area contributed by atoms with Crippen LogP contribution in [0.4, 0.5) is 0 Å². The molecule has 118 valence electrons. The Bertz CT molecular complexity index is 402. The highest BCUT2D eigenvalue weighted by Crippen LogP contribution is 2.03. The van der Waals surface area contributed by atoms with Crippen molar-refractivity contribution >= 4 is 5.97 Å². The summed E-state index contributed by atoms with van der Waals surface area (Å²) in [4.78, 5) is 15.3. The Labute approximate surface area is 123 Å². The number of carbonyl (C=O) groups is 1. The lowest BCUT2D eigenvalue weighted by Gasteiger charge is -2.18. The number of benzene rings is 1. The second kappa shape index (κ2) is 10.3. The van der Waals surface area contributed by atoms with Crippen LogP contribution in [0.15, 0.2) is 30.3 Å². The van der Waals surface area contributed by atoms with Crippen molar-refractivity contribution in [1.82, 2.24) is 5.32 Å². The zero-order valence-electron chi connectivity index (χ0n) is 12.0. The van der Waals surface area contributed by atoms with E-state index in [1.165, 1.54) is 7.11 Å². The van der Waals surface area contributed by atoms with E-state index in [0.29, 0.717) is 6.42 Å². The Morgan fingerprint density at radius 3 is 2.67 bits per heavy atom. The predicted octanol–water partition coefficient (Wildman–Crippen LogP) is 0.151. The molecule has 0 aliphatic heterocycles. The molecule has 0 fully saturated rings. The maximum absolute atomic E-state index is 11.1. The average molecular weight is 298 g/mol. The number of rotatable bonds is 10. The Morgan fingerprint density at radius 1 is 1.33 bits per heavy atom. The van der Waals surface area contributed by atoms with Crippen LogP contribution in [0.2, 0.25) is 0 Å². The molecule has 7 heteroatoms. The smallest absolute Gasteiger partial charge is 0.325 e. The molecule has 0 aliphatic carbocycles. The van der Waals surface area contributed by atoms with E-state index in [9.17, 15) is 4.79 Å². The highest BCUT2D eigenvalue weighted by molar-refractivity contribution is 5.75. The van der Waals surface area contributed by atoms with Crippen molar-refractivity contribution < 1.29 is 24.4 Å². The Hall–Kier alpha value is -1.51. The molecule has 0 saturated heterocycles. The van der Waals surface area contributed by atoms with Crippen LogP contribution in [0, 0.1) is 0 Å². The Kier molecular flexibility index (Phi) is 8.56. The normalized spacial score (nSPS) is 13.7. The minimum atomic E-state index is -0.807. The minimum absolute atomic E-state index is 0.0533. The molecule has 1 aromatic rings. The van der Waals surface area contributed by atoms with Crippen molar-refractivity contribution in [3.63, 3.8) is 0 Å². The van der Waals surface area contributed by atoms with Gasteiger partial charge < -0.3 is 15.2 Å². The summed E-state index contributed by atoms with van der Waals surface area (Å²) in [6.07, 6.45) is 0.674. The van der Waals surface area contributed by atoms with Gasteiger partial charge in [-0.05, 0) is 12.0 Å². The van der Waals surface area contributed by atoms with Gasteiger partial charge in [-0.3, -0.25) is 15.4 Å². The number of hydrogen-bond donors (Lipinski definition) is 3. The Balaban J connectivity index is 2.30. The number of methoxy groups -OCH3 is 1. The first-order valence-electron chi connectivity index (χ1n) is 6.62. The Morgan fingerprint density at radius 2 is 2.05 bits per heavy atom. The van der Waals surface area contributed by atoms with Crippen molar-refractivity contribution in [2.75, 3.05) is 27.1 Å². The molecule has 0 heterocycles. The molecule has 1 rings (SSSR count). The number of nitrogens with two attached hydrogens (primary N) is 1. The van der Waals surface area contributed by atoms with Gasteiger partial charge in [0.25, 0.3) is 0 Å². The topological polar surface area (TPSA) is 103 Å². The van der Waals surface area contributed by atoms with Gasteiger partial charge in [0.05, 0.1) is 27.1 Å². The average Bonchev–Trinajstić information content (AvgIpc) is 2.51. The number of nitrogens with one attached hydrogen (secondary N) is 1. The highest BCUT2D eigenvalue weighted by atomic mass is 17.1. The molecule has 0 saturated carbocycles. The molecule has 0 aliphatic rings. The van der Waals surface area contributed by atoms with Gasteiger partial charge in [-0.1, -0.05) is 30.3 Å². The first-order valence-corrected chi connectivity index (χ1v) is 6.62. The molecule has 0 spiro atoms. The SMILES string of the molecule is COC(=O)C(N)COCNC(COO)Cc1ccccc1. The fraction of sp³-hybridized carbons (Fsp3) is 0.500. The first kappa shape index (κ1) is 17.5. The lowest BCUT2D eigenvalue weighted by atomic mass is 10.1. The van der Waals surface area contributed by atoms with Crippen LogP contribution in [0.1, 0.15) is 5.56 Å². The van der Waals surface area contributed by atoms with Crippen LogP contribution in [0.25, 0.3) is 0 Å². The van der Waals surface area contributed by atoms with E-state index in [0.717, 1.165) is 5.56 Å². The third-order valence-corrected chi connectivity index (χ3v) is 2.88. The quantitative estimate of drug-likeness (QED) is 0.186. The van der Waals surface area contributed by atoms with Gasteiger partial charge in [0.1, 0.15) is 6.04 Å². The lowest BCUT2D eigenvalue weighted by molar-refractivity contribution is -0.247. The van der Waals surface area contributed by atoms with Gasteiger partial charge in [-0.25, -0.2) is 4.89 Å². The molecule has 0 bridgehead atoms. The molecule has 0 radical (unpaired) electrons. The highest BCUT2D eigenvalue weighted by Gasteiger charge is 2.14. The van der Waals surface area contributed by atoms with Crippen molar-refractivity contribution in [2.45, 2.75) is 18.5 Å². The molecular formula is C14H22N2O5. The van der Waals surface area contributed by atoms with Crippen LogP contribution in [0.3, 0.4) is 0 Å². The summed E-state index contributed by atoms with van der Waals surface area (Å²) >= 11 is 0. The lowest BCUT2D eigenvalue weighted by Crippen LogP contribution is -2.40. The van der Waals surface area contributed by atoms with Crippen molar-refractivity contribution in [3.05, 3.63) is 35.9 Å². The minimum Gasteiger partial charge on any atom is -0.468 e. The number of ether oxygens (including phenoxy) is 2. The molecule has 7 nitrogen and oxygen atoms in total. The van der Waals surface area contributed by atoms with Gasteiger partial charge >= 0.3 is 5.97 Å². The van der Waals surface area contributed by atoms with Gasteiger partial charge in [-0.15, -0.1) is 0 Å². The standard InChI is InChI=1S/C14H22N2O5/c1-19-14(17)13(15)9-20-10-16-12(8-21-18)7-11-5-3-2-4-6-11/h2-6,12-13,16,18H,7-10,15H2,1H3. The van der Waals surface area contributed by atoms with E-state index in [2.05, 4.69) is 14.9 Å². The molecule has 0 amide bonds. The van der Waals surface area contributed by atoms with E-state index in [1.807, 2.05) is 30.3 Å². The van der Waals surface area contributed by atoms with E-state index >= 15 is 0 Å². The predicted molar refractivity (Wildman–Crippen MR) is 76.5 cm³/mol. The van der Waals surface area contributed by atoms with Crippen molar-refractivity contribution in [1.29, 1.82) is 0 Å². The van der Waals surface area contributed by atoms with E-state index in [4.69, 9.17) is 15.7 Å². The summed E-state index contributed by atoms with van der Waals surface area (Å²) in [5, 5.41) is 11.7. The summed E-state index contributed by atoms with van der Waals surface area (Å²) in [6, 6.07) is 8.87. The summed E-state index contributed by atoms with van der Waals surface area (Å²) in [7, 11) is 1.27. The zero-order valence-corrected chi connectivity index (χ0v) is 12.0. The molecule has 4 N–H and O–H groups in total. The van der Waals surface area contributed by atoms with Gasteiger partial charge in [-0.2, -0.15) is 0 Å².